The normalized spacial score (nSPS) is 10.8. The highest BCUT2D eigenvalue weighted by Gasteiger charge is 2.16. The van der Waals surface area contributed by atoms with Crippen molar-refractivity contribution in [1.82, 2.24) is 4.98 Å². The Kier molecular flexibility index (Phi) is 5.22. The van der Waals surface area contributed by atoms with Crippen LogP contribution in [0.3, 0.4) is 0 Å². The van der Waals surface area contributed by atoms with Gasteiger partial charge in [0.2, 0.25) is 0 Å². The fourth-order valence-electron chi connectivity index (χ4n) is 2.75. The van der Waals surface area contributed by atoms with E-state index in [9.17, 15) is 4.79 Å². The topological polar surface area (TPSA) is 51.2 Å². The summed E-state index contributed by atoms with van der Waals surface area (Å²) in [6.45, 7) is 0. The molecule has 0 saturated carbocycles. The number of carbonyl (C=O) groups excluding carboxylic acids is 1. The van der Waals surface area contributed by atoms with Gasteiger partial charge in [-0.2, -0.15) is 0 Å². The van der Waals surface area contributed by atoms with Crippen LogP contribution in [-0.2, 0) is 0 Å². The molecule has 1 aromatic heterocycles. The Bertz CT molecular complexity index is 1160. The van der Waals surface area contributed by atoms with Crippen molar-refractivity contribution in [2.45, 2.75) is 0 Å². The molecule has 0 bridgehead atoms. The lowest BCUT2D eigenvalue weighted by molar-refractivity contribution is 0.102. The standard InChI is InChI=1S/C21H14Cl2N2O2S/c1-27-13-6-4-5-12(9-13)20(26)24-18-10-14(15(22)11-16(18)23)21-25-17-7-2-3-8-19(17)28-21/h2-11H,1H3,(H,24,26). The summed E-state index contributed by atoms with van der Waals surface area (Å²) in [6.07, 6.45) is 0. The van der Waals surface area contributed by atoms with Crippen LogP contribution in [0, 0.1) is 0 Å². The number of hydrogen-bond acceptors (Lipinski definition) is 4. The number of hydrogen-bond donors (Lipinski definition) is 1. The third-order valence-corrected chi connectivity index (χ3v) is 5.86. The Labute approximate surface area is 175 Å². The first-order valence-corrected chi connectivity index (χ1v) is 9.93. The van der Waals surface area contributed by atoms with E-state index < -0.39 is 0 Å². The molecule has 1 amide bonds. The van der Waals surface area contributed by atoms with Crippen LogP contribution in [0.1, 0.15) is 10.4 Å². The summed E-state index contributed by atoms with van der Waals surface area (Å²) in [6, 6.07) is 18.1. The first-order valence-electron chi connectivity index (χ1n) is 8.35. The molecule has 4 rings (SSSR count). The average Bonchev–Trinajstić information content (AvgIpc) is 3.13. The number of anilines is 1. The number of benzene rings is 3. The molecule has 0 fully saturated rings. The average molecular weight is 429 g/mol. The van der Waals surface area contributed by atoms with E-state index in [1.54, 1.807) is 43.5 Å². The third kappa shape index (κ3) is 3.69. The summed E-state index contributed by atoms with van der Waals surface area (Å²) in [5.74, 6) is 0.309. The largest absolute Gasteiger partial charge is 0.497 e. The Morgan fingerprint density at radius 3 is 2.64 bits per heavy atom. The van der Waals surface area contributed by atoms with Gasteiger partial charge in [0, 0.05) is 11.1 Å². The maximum Gasteiger partial charge on any atom is 0.255 e. The number of fused-ring (bicyclic) bond motifs is 1. The quantitative estimate of drug-likeness (QED) is 0.401. The summed E-state index contributed by atoms with van der Waals surface area (Å²) < 4.78 is 6.23. The zero-order valence-electron chi connectivity index (χ0n) is 14.7. The van der Waals surface area contributed by atoms with Gasteiger partial charge in [-0.3, -0.25) is 4.79 Å². The molecule has 0 aliphatic heterocycles. The maximum atomic E-state index is 12.6. The van der Waals surface area contributed by atoms with Crippen molar-refractivity contribution in [2.24, 2.45) is 0 Å². The van der Waals surface area contributed by atoms with Gasteiger partial charge in [-0.1, -0.05) is 41.4 Å². The number of aromatic nitrogens is 1. The predicted molar refractivity (Wildman–Crippen MR) is 116 cm³/mol. The summed E-state index contributed by atoms with van der Waals surface area (Å²) in [5, 5.41) is 4.43. The molecular formula is C21H14Cl2N2O2S. The van der Waals surface area contributed by atoms with Crippen LogP contribution < -0.4 is 10.1 Å². The second-order valence-corrected chi connectivity index (χ2v) is 7.83. The van der Waals surface area contributed by atoms with Crippen molar-refractivity contribution < 1.29 is 9.53 Å². The van der Waals surface area contributed by atoms with Crippen LogP contribution >= 0.6 is 34.5 Å². The first-order chi connectivity index (χ1) is 13.5. The minimum Gasteiger partial charge on any atom is -0.497 e. The molecule has 4 aromatic rings. The van der Waals surface area contributed by atoms with E-state index in [1.165, 1.54) is 11.3 Å². The van der Waals surface area contributed by atoms with Gasteiger partial charge in [0.05, 0.1) is 33.1 Å². The van der Waals surface area contributed by atoms with Crippen LogP contribution in [0.5, 0.6) is 5.75 Å². The molecule has 0 spiro atoms. The Morgan fingerprint density at radius 1 is 1.04 bits per heavy atom. The van der Waals surface area contributed by atoms with Gasteiger partial charge in [-0.05, 0) is 42.5 Å². The Morgan fingerprint density at radius 2 is 1.86 bits per heavy atom. The summed E-state index contributed by atoms with van der Waals surface area (Å²) in [5.41, 5.74) is 2.55. The van der Waals surface area contributed by atoms with Gasteiger partial charge in [0.25, 0.3) is 5.91 Å². The smallest absolute Gasteiger partial charge is 0.255 e. The molecule has 0 aliphatic rings. The van der Waals surface area contributed by atoms with Crippen LogP contribution in [0.25, 0.3) is 20.8 Å². The van der Waals surface area contributed by atoms with E-state index in [-0.39, 0.29) is 5.91 Å². The molecule has 1 N–H and O–H groups in total. The fraction of sp³-hybridized carbons (Fsp3) is 0.0476. The lowest BCUT2D eigenvalue weighted by atomic mass is 10.1. The molecular weight excluding hydrogens is 415 g/mol. The SMILES string of the molecule is COc1cccc(C(=O)Nc2cc(-c3nc4ccccc4s3)c(Cl)cc2Cl)c1. The van der Waals surface area contributed by atoms with Crippen molar-refractivity contribution in [1.29, 1.82) is 0 Å². The van der Waals surface area contributed by atoms with Crippen LogP contribution in [0.15, 0.2) is 60.7 Å². The Balaban J connectivity index is 1.69. The molecule has 28 heavy (non-hydrogen) atoms. The van der Waals surface area contributed by atoms with E-state index >= 15 is 0 Å². The van der Waals surface area contributed by atoms with Gasteiger partial charge in [-0.25, -0.2) is 4.98 Å². The molecule has 1 heterocycles. The second kappa shape index (κ2) is 7.80. The van der Waals surface area contributed by atoms with Crippen LogP contribution in [-0.4, -0.2) is 18.0 Å². The number of methoxy groups -OCH3 is 1. The van der Waals surface area contributed by atoms with Gasteiger partial charge < -0.3 is 10.1 Å². The van der Waals surface area contributed by atoms with Gasteiger partial charge in [-0.15, -0.1) is 11.3 Å². The molecule has 0 unspecified atom stereocenters. The van der Waals surface area contributed by atoms with Crippen molar-refractivity contribution in [3.05, 3.63) is 76.3 Å². The number of nitrogens with zero attached hydrogens (tertiary/aromatic N) is 1. The van der Waals surface area contributed by atoms with E-state index in [1.807, 2.05) is 24.3 Å². The molecule has 0 radical (unpaired) electrons. The van der Waals surface area contributed by atoms with Crippen molar-refractivity contribution in [3.63, 3.8) is 0 Å². The van der Waals surface area contributed by atoms with Crippen LogP contribution in [0.4, 0.5) is 5.69 Å². The molecule has 140 valence electrons. The summed E-state index contributed by atoms with van der Waals surface area (Å²) in [7, 11) is 1.55. The third-order valence-electron chi connectivity index (χ3n) is 4.16. The minimum absolute atomic E-state index is 0.293. The zero-order chi connectivity index (χ0) is 19.7. The highest BCUT2D eigenvalue weighted by molar-refractivity contribution is 7.21. The second-order valence-electron chi connectivity index (χ2n) is 5.98. The highest BCUT2D eigenvalue weighted by atomic mass is 35.5. The van der Waals surface area contributed by atoms with E-state index in [0.717, 1.165) is 15.2 Å². The highest BCUT2D eigenvalue weighted by Crippen LogP contribution is 2.39. The van der Waals surface area contributed by atoms with Gasteiger partial charge in [0.15, 0.2) is 0 Å². The van der Waals surface area contributed by atoms with Crippen molar-refractivity contribution in [2.75, 3.05) is 12.4 Å². The van der Waals surface area contributed by atoms with E-state index in [2.05, 4.69) is 10.3 Å². The van der Waals surface area contributed by atoms with Crippen molar-refractivity contribution >= 4 is 56.3 Å². The summed E-state index contributed by atoms with van der Waals surface area (Å²) >= 11 is 14.3. The number of amides is 1. The molecule has 0 saturated heterocycles. The number of thiazole rings is 1. The summed E-state index contributed by atoms with van der Waals surface area (Å²) in [4.78, 5) is 17.3. The monoisotopic (exact) mass is 428 g/mol. The molecule has 3 aromatic carbocycles. The Hall–Kier alpha value is -2.60. The zero-order valence-corrected chi connectivity index (χ0v) is 17.0. The lowest BCUT2D eigenvalue weighted by Crippen LogP contribution is -2.12. The fourth-order valence-corrected chi connectivity index (χ4v) is 4.33. The van der Waals surface area contributed by atoms with Crippen molar-refractivity contribution in [3.8, 4) is 16.3 Å². The number of para-hydroxylation sites is 1. The molecule has 0 aliphatic carbocycles. The van der Waals surface area contributed by atoms with E-state index in [4.69, 9.17) is 27.9 Å². The lowest BCUT2D eigenvalue weighted by Gasteiger charge is -2.11. The van der Waals surface area contributed by atoms with E-state index in [0.29, 0.717) is 32.6 Å². The van der Waals surface area contributed by atoms with Crippen LogP contribution in [0.2, 0.25) is 10.0 Å². The minimum atomic E-state index is -0.293. The number of halogens is 2. The number of rotatable bonds is 4. The first kappa shape index (κ1) is 18.7. The van der Waals surface area contributed by atoms with Gasteiger partial charge >= 0.3 is 0 Å². The maximum absolute atomic E-state index is 12.6. The molecule has 0 atom stereocenters. The predicted octanol–water partition coefficient (Wildman–Crippen LogP) is 6.53. The number of carbonyl (C=O) groups is 1. The van der Waals surface area contributed by atoms with Gasteiger partial charge in [0.1, 0.15) is 10.8 Å². The number of ether oxygens (including phenoxy) is 1. The molecule has 4 nitrogen and oxygen atoms in total. The number of nitrogens with one attached hydrogen (secondary N) is 1. The molecule has 7 heteroatoms.